The van der Waals surface area contributed by atoms with Gasteiger partial charge in [-0.25, -0.2) is 0 Å². The van der Waals surface area contributed by atoms with Crippen LogP contribution in [0.5, 0.6) is 0 Å². The van der Waals surface area contributed by atoms with Crippen molar-refractivity contribution in [2.45, 2.75) is 38.1 Å². The lowest BCUT2D eigenvalue weighted by Gasteiger charge is -2.22. The summed E-state index contributed by atoms with van der Waals surface area (Å²) in [5.74, 6) is 0.224. The highest BCUT2D eigenvalue weighted by Crippen LogP contribution is 2.17. The van der Waals surface area contributed by atoms with Crippen molar-refractivity contribution >= 4 is 5.91 Å². The fourth-order valence-electron chi connectivity index (χ4n) is 3.21. The summed E-state index contributed by atoms with van der Waals surface area (Å²) < 4.78 is 5.54. The molecule has 126 valence electrons. The zero-order valence-corrected chi connectivity index (χ0v) is 14.1. The molecule has 1 heterocycles. The number of amides is 1. The van der Waals surface area contributed by atoms with E-state index in [-0.39, 0.29) is 11.9 Å². The van der Waals surface area contributed by atoms with E-state index < -0.39 is 0 Å². The Hall–Kier alpha value is -2.13. The van der Waals surface area contributed by atoms with Gasteiger partial charge in [-0.1, -0.05) is 60.7 Å². The third-order valence-corrected chi connectivity index (χ3v) is 4.56. The van der Waals surface area contributed by atoms with Crippen LogP contribution in [0.2, 0.25) is 0 Å². The number of hydrogen-bond donors (Lipinski definition) is 0. The minimum atomic E-state index is 0.175. The van der Waals surface area contributed by atoms with Crippen LogP contribution in [0.25, 0.3) is 0 Å². The predicted molar refractivity (Wildman–Crippen MR) is 95.6 cm³/mol. The molecule has 1 fully saturated rings. The largest absolute Gasteiger partial charge is 0.359 e. The first-order valence-corrected chi connectivity index (χ1v) is 8.78. The molecular weight excluding hydrogens is 298 g/mol. The molecule has 0 radical (unpaired) electrons. The molecule has 3 heteroatoms. The van der Waals surface area contributed by atoms with E-state index >= 15 is 0 Å². The Balaban J connectivity index is 1.43. The molecule has 0 N–H and O–H groups in total. The van der Waals surface area contributed by atoms with Crippen LogP contribution >= 0.6 is 0 Å². The lowest BCUT2D eigenvalue weighted by molar-refractivity contribution is -0.133. The number of rotatable bonds is 7. The molecule has 1 aliphatic heterocycles. The van der Waals surface area contributed by atoms with Crippen molar-refractivity contribution in [1.29, 1.82) is 0 Å². The average Bonchev–Trinajstić information content (AvgIpc) is 3.08. The Morgan fingerprint density at radius 3 is 2.33 bits per heavy atom. The number of benzene rings is 2. The van der Waals surface area contributed by atoms with E-state index in [0.717, 1.165) is 25.7 Å². The van der Waals surface area contributed by atoms with Crippen molar-refractivity contribution in [2.24, 2.45) is 0 Å². The van der Waals surface area contributed by atoms with Crippen LogP contribution in [-0.4, -0.2) is 30.2 Å². The van der Waals surface area contributed by atoms with E-state index in [1.807, 2.05) is 29.2 Å². The summed E-state index contributed by atoms with van der Waals surface area (Å²) in [6.45, 7) is 1.08. The van der Waals surface area contributed by atoms with Crippen molar-refractivity contribution in [2.75, 3.05) is 13.3 Å². The van der Waals surface area contributed by atoms with Gasteiger partial charge in [0, 0.05) is 6.42 Å². The van der Waals surface area contributed by atoms with Gasteiger partial charge in [-0.15, -0.1) is 0 Å². The molecule has 3 nitrogen and oxygen atoms in total. The molecule has 2 aromatic rings. The van der Waals surface area contributed by atoms with Crippen LogP contribution in [0.3, 0.4) is 0 Å². The molecule has 2 aromatic carbocycles. The fourth-order valence-corrected chi connectivity index (χ4v) is 3.21. The first-order valence-electron chi connectivity index (χ1n) is 8.78. The number of hydrogen-bond acceptors (Lipinski definition) is 2. The first kappa shape index (κ1) is 16.7. The summed E-state index contributed by atoms with van der Waals surface area (Å²) in [6, 6.07) is 21.0. The van der Waals surface area contributed by atoms with Crippen LogP contribution < -0.4 is 0 Å². The summed E-state index contributed by atoms with van der Waals surface area (Å²) in [5.41, 5.74) is 2.60. The first-order chi connectivity index (χ1) is 11.8. The summed E-state index contributed by atoms with van der Waals surface area (Å²) in [7, 11) is 0. The second kappa shape index (κ2) is 8.65. The lowest BCUT2D eigenvalue weighted by atomic mass is 10.0. The highest BCUT2D eigenvalue weighted by Gasteiger charge is 2.28. The quantitative estimate of drug-likeness (QED) is 0.725. The third-order valence-electron chi connectivity index (χ3n) is 4.56. The van der Waals surface area contributed by atoms with E-state index in [0.29, 0.717) is 19.8 Å². The highest BCUT2D eigenvalue weighted by molar-refractivity contribution is 5.76. The van der Waals surface area contributed by atoms with Crippen molar-refractivity contribution in [1.82, 2.24) is 4.90 Å². The molecule has 1 amide bonds. The van der Waals surface area contributed by atoms with Crippen molar-refractivity contribution in [3.05, 3.63) is 71.8 Å². The monoisotopic (exact) mass is 323 g/mol. The topological polar surface area (TPSA) is 29.5 Å². The predicted octanol–water partition coefficient (Wildman–Crippen LogP) is 3.83. The van der Waals surface area contributed by atoms with Crippen LogP contribution in [0.4, 0.5) is 0 Å². The Bertz CT molecular complexity index is 627. The van der Waals surface area contributed by atoms with Crippen LogP contribution in [0.1, 0.15) is 30.4 Å². The zero-order chi connectivity index (χ0) is 16.6. The second-order valence-corrected chi connectivity index (χ2v) is 6.40. The van der Waals surface area contributed by atoms with Crippen LogP contribution in [0.15, 0.2) is 60.7 Å². The smallest absolute Gasteiger partial charge is 0.224 e. The zero-order valence-electron chi connectivity index (χ0n) is 14.1. The molecule has 0 unspecified atom stereocenters. The maximum Gasteiger partial charge on any atom is 0.224 e. The van der Waals surface area contributed by atoms with Gasteiger partial charge in [-0.3, -0.25) is 4.79 Å². The molecule has 0 spiro atoms. The van der Waals surface area contributed by atoms with Gasteiger partial charge in [-0.2, -0.15) is 0 Å². The number of carbonyl (C=O) groups excluding carboxylic acids is 1. The molecule has 1 aliphatic rings. The molecule has 0 saturated carbocycles. The minimum Gasteiger partial charge on any atom is -0.359 e. The van der Waals surface area contributed by atoms with Crippen molar-refractivity contribution in [3.8, 4) is 0 Å². The maximum absolute atomic E-state index is 12.5. The fraction of sp³-hybridized carbons (Fsp3) is 0.381. The SMILES string of the molecule is O=C(CCCCc1ccccc1)N1COC[C@@H]1Cc1ccccc1. The van der Waals surface area contributed by atoms with Gasteiger partial charge >= 0.3 is 0 Å². The number of aryl methyl sites for hydroxylation is 1. The Kier molecular flexibility index (Phi) is 6.02. The van der Waals surface area contributed by atoms with E-state index in [4.69, 9.17) is 4.74 Å². The van der Waals surface area contributed by atoms with Crippen LogP contribution in [-0.2, 0) is 22.4 Å². The maximum atomic E-state index is 12.5. The van der Waals surface area contributed by atoms with E-state index in [9.17, 15) is 4.79 Å². The van der Waals surface area contributed by atoms with Gasteiger partial charge in [-0.05, 0) is 36.8 Å². The molecule has 1 saturated heterocycles. The lowest BCUT2D eigenvalue weighted by Crippen LogP contribution is -2.37. The molecule has 24 heavy (non-hydrogen) atoms. The molecule has 0 aromatic heterocycles. The van der Waals surface area contributed by atoms with Gasteiger partial charge in [0.05, 0.1) is 12.6 Å². The standard InChI is InChI=1S/C21H25NO2/c23-21(14-8-7-11-18-9-3-1-4-10-18)22-17-24-16-20(22)15-19-12-5-2-6-13-19/h1-6,9-10,12-13,20H,7-8,11,14-17H2/t20-/m0/s1. The Morgan fingerprint density at radius 2 is 1.62 bits per heavy atom. The molecule has 0 bridgehead atoms. The Labute approximate surface area is 144 Å². The van der Waals surface area contributed by atoms with Crippen molar-refractivity contribution < 1.29 is 9.53 Å². The normalized spacial score (nSPS) is 17.2. The second-order valence-electron chi connectivity index (χ2n) is 6.40. The molecular formula is C21H25NO2. The van der Waals surface area contributed by atoms with Crippen molar-refractivity contribution in [3.63, 3.8) is 0 Å². The van der Waals surface area contributed by atoms with Gasteiger partial charge in [0.1, 0.15) is 6.73 Å². The van der Waals surface area contributed by atoms with Crippen LogP contribution in [0, 0.1) is 0 Å². The van der Waals surface area contributed by atoms with E-state index in [1.54, 1.807) is 0 Å². The van der Waals surface area contributed by atoms with E-state index in [2.05, 4.69) is 36.4 Å². The summed E-state index contributed by atoms with van der Waals surface area (Å²) in [5, 5.41) is 0. The molecule has 1 atom stereocenters. The third kappa shape index (κ3) is 4.68. The number of nitrogens with zero attached hydrogens (tertiary/aromatic N) is 1. The van der Waals surface area contributed by atoms with Gasteiger partial charge in [0.2, 0.25) is 5.91 Å². The highest BCUT2D eigenvalue weighted by atomic mass is 16.5. The Morgan fingerprint density at radius 1 is 0.958 bits per heavy atom. The average molecular weight is 323 g/mol. The molecule has 3 rings (SSSR count). The summed E-state index contributed by atoms with van der Waals surface area (Å²) in [6.07, 6.45) is 4.51. The summed E-state index contributed by atoms with van der Waals surface area (Å²) in [4.78, 5) is 14.4. The van der Waals surface area contributed by atoms with Gasteiger partial charge in [0.15, 0.2) is 0 Å². The minimum absolute atomic E-state index is 0.175. The molecule has 0 aliphatic carbocycles. The van der Waals surface area contributed by atoms with E-state index in [1.165, 1.54) is 11.1 Å². The van der Waals surface area contributed by atoms with Gasteiger partial charge in [0.25, 0.3) is 0 Å². The summed E-state index contributed by atoms with van der Waals surface area (Å²) >= 11 is 0. The van der Waals surface area contributed by atoms with Gasteiger partial charge < -0.3 is 9.64 Å². The number of carbonyl (C=O) groups is 1. The number of ether oxygens (including phenoxy) is 1. The number of unbranched alkanes of at least 4 members (excludes halogenated alkanes) is 1.